The van der Waals surface area contributed by atoms with Crippen LogP contribution >= 0.6 is 10.3 Å². The molecule has 2 nitrogen and oxygen atoms in total. The highest BCUT2D eigenvalue weighted by molar-refractivity contribution is 8.30. The van der Waals surface area contributed by atoms with Crippen LogP contribution in [0, 0.1) is 23.2 Å². The monoisotopic (exact) mass is 694 g/mol. The van der Waals surface area contributed by atoms with Crippen LogP contribution in [-0.4, -0.2) is 5.97 Å². The summed E-state index contributed by atoms with van der Waals surface area (Å²) in [5, 5.41) is 0. The first kappa shape index (κ1) is 37.2. The van der Waals surface area contributed by atoms with Gasteiger partial charge in [0.25, 0.3) is 0 Å². The molecule has 3 aromatic carbocycles. The van der Waals surface area contributed by atoms with Crippen molar-refractivity contribution in [2.24, 2.45) is 23.2 Å². The Bertz CT molecular complexity index is 1390. The number of hydrogen-bond donors (Lipinski definition) is 0. The quantitative estimate of drug-likeness (QED) is 0.110. The van der Waals surface area contributed by atoms with Crippen LogP contribution in [0.2, 0.25) is 0 Å². The zero-order valence-electron chi connectivity index (χ0n) is 31.7. The van der Waals surface area contributed by atoms with Gasteiger partial charge in [0.15, 0.2) is 0 Å². The Morgan fingerprint density at radius 3 is 1.44 bits per heavy atom. The van der Waals surface area contributed by atoms with Gasteiger partial charge in [0.05, 0.1) is 5.41 Å². The highest BCUT2D eigenvalue weighted by Gasteiger charge is 2.57. The second-order valence-corrected chi connectivity index (χ2v) is 19.1. The highest BCUT2D eigenvalue weighted by Crippen LogP contribution is 2.73. The van der Waals surface area contributed by atoms with E-state index in [2.05, 4.69) is 93.6 Å². The van der Waals surface area contributed by atoms with Crippen molar-refractivity contribution in [3.63, 3.8) is 0 Å². The highest BCUT2D eigenvalue weighted by atomic mass is 32.3. The number of benzene rings is 3. The standard InChI is InChI=1S/C47H66O2S/c1-4-7-10-15-22-37-32-41(23-16-11-8-5-2)45(42(33-37)24-17-12-9-6-3)50(43-25-18-13-19-26-43,44-27-20-14-21-28-44)49-46(48)47-34-38-29-39(35-47)31-40(30-38)36-47/h13-14,18-21,25-28,32-33,38-40H,4-12,15-17,22-24,29-31,34-36H2,1-3H3. The SMILES string of the molecule is CCCCCCc1cc(CCCCCC)c(S(OC(=O)C23CC4CC(CC(C4)C2)C3)(c2ccccc2)c2ccccc2)c(CCCCCC)c1. The van der Waals surface area contributed by atoms with Crippen LogP contribution in [0.5, 0.6) is 0 Å². The maximum atomic E-state index is 15.3. The number of carbonyl (C=O) groups excluding carboxylic acids is 1. The molecule has 4 saturated carbocycles. The number of carbonyl (C=O) groups is 1. The van der Waals surface area contributed by atoms with Gasteiger partial charge < -0.3 is 4.18 Å². The van der Waals surface area contributed by atoms with E-state index in [-0.39, 0.29) is 11.4 Å². The van der Waals surface area contributed by atoms with Gasteiger partial charge in [-0.25, -0.2) is 0 Å². The van der Waals surface area contributed by atoms with Crippen LogP contribution in [-0.2, 0) is 28.2 Å². The molecule has 0 unspecified atom stereocenters. The average molecular weight is 695 g/mol. The Kier molecular flexibility index (Phi) is 13.3. The third-order valence-corrected chi connectivity index (χ3v) is 15.7. The van der Waals surface area contributed by atoms with E-state index in [9.17, 15) is 0 Å². The zero-order chi connectivity index (χ0) is 34.8. The predicted octanol–water partition coefficient (Wildman–Crippen LogP) is 14.0. The second kappa shape index (κ2) is 17.8. The molecular formula is C47H66O2S. The van der Waals surface area contributed by atoms with Crippen molar-refractivity contribution in [2.45, 2.75) is 170 Å². The summed E-state index contributed by atoms with van der Waals surface area (Å²) >= 11 is 0. The van der Waals surface area contributed by atoms with E-state index in [0.29, 0.717) is 17.8 Å². The maximum Gasteiger partial charge on any atom is 0.323 e. The van der Waals surface area contributed by atoms with Gasteiger partial charge in [0, 0.05) is 14.7 Å². The molecule has 0 aliphatic heterocycles. The van der Waals surface area contributed by atoms with Crippen LogP contribution in [0.15, 0.2) is 87.5 Å². The van der Waals surface area contributed by atoms with Gasteiger partial charge in [0.1, 0.15) is 0 Å². The van der Waals surface area contributed by atoms with Crippen molar-refractivity contribution >= 4 is 16.3 Å². The fraction of sp³-hybridized carbons (Fsp3) is 0.596. The lowest BCUT2D eigenvalue weighted by atomic mass is 9.49. The summed E-state index contributed by atoms with van der Waals surface area (Å²) in [6.45, 7) is 6.92. The minimum Gasteiger partial charge on any atom is -0.401 e. The van der Waals surface area contributed by atoms with Crippen LogP contribution in [0.1, 0.15) is 153 Å². The predicted molar refractivity (Wildman–Crippen MR) is 212 cm³/mol. The van der Waals surface area contributed by atoms with Gasteiger partial charge in [0.2, 0.25) is 0 Å². The van der Waals surface area contributed by atoms with Gasteiger partial charge >= 0.3 is 5.97 Å². The van der Waals surface area contributed by atoms with E-state index in [1.807, 2.05) is 0 Å². The van der Waals surface area contributed by atoms with Crippen molar-refractivity contribution < 1.29 is 8.98 Å². The molecule has 0 spiro atoms. The molecule has 50 heavy (non-hydrogen) atoms. The van der Waals surface area contributed by atoms with E-state index in [1.54, 1.807) is 0 Å². The van der Waals surface area contributed by atoms with Crippen molar-refractivity contribution in [1.29, 1.82) is 0 Å². The lowest BCUT2D eigenvalue weighted by molar-refractivity contribution is -0.160. The molecule has 0 atom stereocenters. The summed E-state index contributed by atoms with van der Waals surface area (Å²) in [6.07, 6.45) is 25.3. The molecule has 7 rings (SSSR count). The minimum atomic E-state index is -2.37. The molecule has 272 valence electrons. The summed E-state index contributed by atoms with van der Waals surface area (Å²) in [6, 6.07) is 27.1. The molecule has 0 saturated heterocycles. The Morgan fingerprint density at radius 2 is 1.02 bits per heavy atom. The summed E-state index contributed by atoms with van der Waals surface area (Å²) in [5.74, 6) is 2.20. The summed E-state index contributed by atoms with van der Waals surface area (Å²) in [7, 11) is -2.37. The molecule has 3 aromatic rings. The topological polar surface area (TPSA) is 26.3 Å². The van der Waals surface area contributed by atoms with Crippen LogP contribution in [0.4, 0.5) is 0 Å². The Morgan fingerprint density at radius 1 is 0.600 bits per heavy atom. The molecule has 0 N–H and O–H groups in total. The fourth-order valence-electron chi connectivity index (χ4n) is 10.2. The Balaban J connectivity index is 1.54. The zero-order valence-corrected chi connectivity index (χ0v) is 32.6. The molecule has 4 aliphatic carbocycles. The van der Waals surface area contributed by atoms with Crippen LogP contribution in [0.3, 0.4) is 0 Å². The molecule has 0 amide bonds. The number of hydrogen-bond acceptors (Lipinski definition) is 2. The van der Waals surface area contributed by atoms with E-state index < -0.39 is 10.3 Å². The van der Waals surface area contributed by atoms with Crippen molar-refractivity contribution in [1.82, 2.24) is 0 Å². The van der Waals surface area contributed by atoms with Crippen LogP contribution in [0.25, 0.3) is 0 Å². The van der Waals surface area contributed by atoms with Crippen LogP contribution < -0.4 is 0 Å². The third-order valence-electron chi connectivity index (χ3n) is 12.3. The lowest BCUT2D eigenvalue weighted by Crippen LogP contribution is -2.50. The van der Waals surface area contributed by atoms with Gasteiger partial charge in [-0.05, 0) is 146 Å². The minimum absolute atomic E-state index is 0.108. The number of rotatable bonds is 20. The van der Waals surface area contributed by atoms with E-state index in [0.717, 1.165) is 38.5 Å². The first-order valence-electron chi connectivity index (χ1n) is 20.8. The molecule has 3 heteroatoms. The number of unbranched alkanes of at least 4 members (excludes halogenated alkanes) is 9. The molecule has 0 radical (unpaired) electrons. The summed E-state index contributed by atoms with van der Waals surface area (Å²) in [5.41, 5.74) is 4.06. The lowest BCUT2D eigenvalue weighted by Gasteiger charge is -2.56. The molecule has 4 fully saturated rings. The Labute approximate surface area is 307 Å². The second-order valence-electron chi connectivity index (χ2n) is 16.4. The normalized spacial score (nSPS) is 22.9. The summed E-state index contributed by atoms with van der Waals surface area (Å²) in [4.78, 5) is 19.0. The number of aryl methyl sites for hydroxylation is 3. The van der Waals surface area contributed by atoms with Crippen molar-refractivity contribution in [2.75, 3.05) is 0 Å². The largest absolute Gasteiger partial charge is 0.401 e. The third kappa shape index (κ3) is 8.40. The molecule has 0 aromatic heterocycles. The molecule has 4 bridgehead atoms. The molecule has 0 heterocycles. The van der Waals surface area contributed by atoms with E-state index in [4.69, 9.17) is 4.18 Å². The maximum absolute atomic E-state index is 15.3. The van der Waals surface area contributed by atoms with Crippen molar-refractivity contribution in [3.05, 3.63) is 89.5 Å². The Hall–Kier alpha value is -2.52. The fourth-order valence-corrected chi connectivity index (χ4v) is 13.8. The average Bonchev–Trinajstić information content (AvgIpc) is 3.13. The first-order valence-corrected chi connectivity index (χ1v) is 22.4. The van der Waals surface area contributed by atoms with Crippen molar-refractivity contribution in [3.8, 4) is 0 Å². The van der Waals surface area contributed by atoms with E-state index >= 15 is 4.79 Å². The smallest absolute Gasteiger partial charge is 0.323 e. The van der Waals surface area contributed by atoms with Gasteiger partial charge in [-0.2, -0.15) is 0 Å². The van der Waals surface area contributed by atoms with Gasteiger partial charge in [-0.15, -0.1) is 0 Å². The van der Waals surface area contributed by atoms with E-state index in [1.165, 1.54) is 128 Å². The van der Waals surface area contributed by atoms with Gasteiger partial charge in [-0.3, -0.25) is 4.79 Å². The molecular weight excluding hydrogens is 629 g/mol. The summed E-state index contributed by atoms with van der Waals surface area (Å²) < 4.78 is 7.61. The van der Waals surface area contributed by atoms with Gasteiger partial charge in [-0.1, -0.05) is 127 Å². The molecule has 4 aliphatic rings. The first-order chi connectivity index (χ1) is 24.5.